The Morgan fingerprint density at radius 2 is 1.19 bits per heavy atom. The highest BCUT2D eigenvalue weighted by Gasteiger charge is 2.58. The number of hydrogen-bond acceptors (Lipinski definition) is 20. The van der Waals surface area contributed by atoms with Crippen LogP contribution in [0.1, 0.15) is 92.8 Å². The highest BCUT2D eigenvalue weighted by atomic mass is 31.2. The molecule has 0 radical (unpaired) electrons. The Morgan fingerprint density at radius 3 is 1.58 bits per heavy atom. The number of likely N-dealkylation sites (N-methyl/N-ethyl adjacent to an activating group) is 1. The van der Waals surface area contributed by atoms with Gasteiger partial charge in [-0.1, -0.05) is 46.7 Å². The van der Waals surface area contributed by atoms with Gasteiger partial charge in [0.2, 0.25) is 6.54 Å². The van der Waals surface area contributed by atoms with Crippen molar-refractivity contribution in [2.75, 3.05) is 87.5 Å². The van der Waals surface area contributed by atoms with E-state index in [1.165, 1.54) is 44.3 Å². The molecule has 4 N–H and O–H groups in total. The molecule has 0 amide bonds. The van der Waals surface area contributed by atoms with E-state index in [0.717, 1.165) is 4.57 Å². The van der Waals surface area contributed by atoms with Crippen LogP contribution in [0.2, 0.25) is 36.3 Å². The summed E-state index contributed by atoms with van der Waals surface area (Å²) in [6.45, 7) is 46.7. The van der Waals surface area contributed by atoms with E-state index in [4.69, 9.17) is 52.9 Å². The predicted octanol–water partition coefficient (Wildman–Crippen LogP) is 7.78. The minimum Gasteiger partial charge on any atom is -0.407 e. The van der Waals surface area contributed by atoms with Crippen molar-refractivity contribution in [2.24, 2.45) is 5.11 Å². The zero-order chi connectivity index (χ0) is 65.8. The Balaban J connectivity index is 0.000000468. The summed E-state index contributed by atoms with van der Waals surface area (Å²) < 4.78 is 94.6. The van der Waals surface area contributed by atoms with E-state index in [9.17, 15) is 38.9 Å². The predicted molar refractivity (Wildman–Crippen MR) is 339 cm³/mol. The molecule has 0 spiro atoms. The van der Waals surface area contributed by atoms with Crippen molar-refractivity contribution in [3.8, 4) is 0 Å². The lowest BCUT2D eigenvalue weighted by molar-refractivity contribution is -0.0822. The van der Waals surface area contributed by atoms with Crippen LogP contribution in [-0.4, -0.2) is 206 Å². The maximum atomic E-state index is 14.2. The Kier molecular flexibility index (Phi) is 29.0. The van der Waals surface area contributed by atoms with Crippen LogP contribution in [-0.2, 0) is 55.5 Å². The average molecular weight is 1310 g/mol. The number of aliphatic hydroxyl groups is 1. The molecule has 2 aliphatic rings. The lowest BCUT2D eigenvalue weighted by Gasteiger charge is -2.44. The number of H-pyrrole nitrogens is 2. The minimum atomic E-state index is -3.09. The number of nitrogens with one attached hydrogen (secondary N) is 3. The number of rotatable bonds is 30. The van der Waals surface area contributed by atoms with Crippen molar-refractivity contribution in [1.82, 2.24) is 29.1 Å². The van der Waals surface area contributed by atoms with Crippen molar-refractivity contribution in [1.29, 1.82) is 0 Å². The molecule has 0 aliphatic carbocycles. The first-order valence-corrected chi connectivity index (χ1v) is 41.1. The summed E-state index contributed by atoms with van der Waals surface area (Å²) in [5, 5.41) is 18.2. The molecular formula is C54H101N10O17P3Si2. The third kappa shape index (κ3) is 20.0. The molecule has 4 heterocycles. The molecule has 2 aromatic heterocycles. The SMILES string of the molecule is COCCO[C@@H]1[C@H](O)[C@@H]([C@@H](N=[N+]=[N-])[C@@H](O[Si](C)(C)C(C)(C)C)P(C)(C)=O)O[C@H]1n1cc(C)c(=O)[nH]c1=O.[C-]#[N+]CCOP(O[C@@H]1[C@@H]([C@@H](NC)[C@@H](O[Si](C)(C)C(C)(C)C)P(C)(C)=O)O[C@@H](n2cc(C)c(=O)[nH]c2=O)[C@@H]1OCCOC)N(C(C)C)C(C)C. The van der Waals surface area contributed by atoms with Crippen molar-refractivity contribution in [2.45, 2.75) is 204 Å². The van der Waals surface area contributed by atoms with Crippen LogP contribution in [0.25, 0.3) is 15.3 Å². The summed E-state index contributed by atoms with van der Waals surface area (Å²) in [4.78, 5) is 61.4. The molecule has 2 aliphatic heterocycles. The van der Waals surface area contributed by atoms with Gasteiger partial charge >= 0.3 is 11.4 Å². The third-order valence-corrected chi connectivity index (χ3v) is 30.6. The summed E-state index contributed by atoms with van der Waals surface area (Å²) in [7, 11) is -8.08. The number of aryl methyl sites for hydroxylation is 2. The summed E-state index contributed by atoms with van der Waals surface area (Å²) in [6, 6.07) is -1.87. The van der Waals surface area contributed by atoms with Crippen molar-refractivity contribution in [3.05, 3.63) is 87.1 Å². The van der Waals surface area contributed by atoms with E-state index in [-0.39, 0.29) is 67.3 Å². The minimum absolute atomic E-state index is 0.00853. The molecule has 0 bridgehead atoms. The second-order valence-electron chi connectivity index (χ2n) is 26.1. The van der Waals surface area contributed by atoms with Crippen LogP contribution in [0, 0.1) is 20.4 Å². The van der Waals surface area contributed by atoms with Gasteiger partial charge < -0.3 is 70.7 Å². The first kappa shape index (κ1) is 77.2. The fourth-order valence-electron chi connectivity index (χ4n) is 9.24. The molecule has 0 aromatic carbocycles. The first-order valence-electron chi connectivity index (χ1n) is 28.8. The molecule has 492 valence electrons. The lowest BCUT2D eigenvalue weighted by atomic mass is 10.0. The number of methoxy groups -OCH3 is 2. The van der Waals surface area contributed by atoms with Crippen LogP contribution in [0.4, 0.5) is 0 Å². The van der Waals surface area contributed by atoms with Crippen molar-refractivity contribution < 1.29 is 60.6 Å². The van der Waals surface area contributed by atoms with E-state index < -0.39 is 135 Å². The second kappa shape index (κ2) is 32.3. The number of hydrogen-bond donors (Lipinski definition) is 4. The van der Waals surface area contributed by atoms with Gasteiger partial charge in [-0.05, 0) is 117 Å². The van der Waals surface area contributed by atoms with E-state index in [2.05, 4.69) is 68.7 Å². The highest BCUT2D eigenvalue weighted by Crippen LogP contribution is 2.55. The molecule has 13 atom stereocenters. The molecule has 1 unspecified atom stereocenters. The van der Waals surface area contributed by atoms with Gasteiger partial charge in [0.25, 0.3) is 19.6 Å². The molecule has 2 fully saturated rings. The zero-order valence-corrected chi connectivity index (χ0v) is 59.6. The first-order chi connectivity index (χ1) is 39.6. The molecule has 2 aromatic rings. The number of nitrogens with zero attached hydrogens (tertiary/aromatic N) is 7. The standard InChI is InChI=1S/C32H61N5O9P2Si.C22H40N5O8PSi/c1-21(2)37(22(3)4)47(43-17-16-33-9)45-26-25(24(34-10)30(48(12,13)40)46-49(14,15)32(6,7)8)44-29(27(26)42-19-18-41-11)36-20-23(5)28(38)35-31(36)39;1-13-12-27(21(30)24-18(13)29)19-17(33-11-10-32-5)15(28)16(34-19)14(25-26-23)20(36(6,7)31)35-37(8,9)22(2,3)4/h20-22,24-27,29-30,34H,16-19H2,1-8,10-15H3,(H,35,38,39);12,14-17,19-20,28H,10-11H2,1-9H3,(H,24,29,30)/t24-,25-,26-,27-,29-,30+,47?;14-,15-,16-,17-,19-,20+/m11/s1. The van der Waals surface area contributed by atoms with Crippen molar-refractivity contribution in [3.63, 3.8) is 0 Å². The van der Waals surface area contributed by atoms with Crippen LogP contribution < -0.4 is 27.8 Å². The van der Waals surface area contributed by atoms with Gasteiger partial charge in [-0.25, -0.2) is 20.8 Å². The molecule has 27 nitrogen and oxygen atoms in total. The maximum Gasteiger partial charge on any atom is 0.330 e. The number of ether oxygens (including phenoxy) is 6. The summed E-state index contributed by atoms with van der Waals surface area (Å²) in [6.07, 6.45) is -5.87. The largest absolute Gasteiger partial charge is 0.407 e. The molecule has 4 rings (SSSR count). The molecule has 2 saturated heterocycles. The van der Waals surface area contributed by atoms with Gasteiger partial charge in [-0.15, -0.1) is 0 Å². The van der Waals surface area contributed by atoms with Crippen LogP contribution >= 0.6 is 22.8 Å². The fraction of sp³-hybridized carbons (Fsp3) is 0.833. The Bertz CT molecular complexity index is 2940. The number of azide groups is 1. The summed E-state index contributed by atoms with van der Waals surface area (Å²) in [5.41, 5.74) is 7.49. The van der Waals surface area contributed by atoms with E-state index in [0.29, 0.717) is 5.56 Å². The quantitative estimate of drug-likeness (QED) is 0.0110. The Hall–Kier alpha value is -3.04. The van der Waals surface area contributed by atoms with Gasteiger partial charge in [0.05, 0.1) is 38.5 Å². The number of aromatic nitrogens is 4. The molecule has 32 heteroatoms. The van der Waals surface area contributed by atoms with E-state index in [1.807, 2.05) is 61.6 Å². The van der Waals surface area contributed by atoms with Crippen LogP contribution in [0.5, 0.6) is 0 Å². The zero-order valence-electron chi connectivity index (χ0n) is 54.9. The average Bonchev–Trinajstić information content (AvgIpc) is 1.77. The Morgan fingerprint density at radius 1 is 0.756 bits per heavy atom. The second-order valence-corrected chi connectivity index (χ2v) is 43.8. The van der Waals surface area contributed by atoms with Crippen molar-refractivity contribution >= 4 is 39.4 Å². The lowest BCUT2D eigenvalue weighted by Crippen LogP contribution is -2.57. The van der Waals surface area contributed by atoms with E-state index >= 15 is 0 Å². The fourth-order valence-corrected chi connectivity index (χ4v) is 18.9. The number of aromatic amines is 2. The van der Waals surface area contributed by atoms with Gasteiger partial charge in [-0.3, -0.25) is 28.7 Å². The topological polar surface area (TPSA) is 325 Å². The smallest absolute Gasteiger partial charge is 0.330 e. The monoisotopic (exact) mass is 1310 g/mol. The number of aliphatic hydroxyl groups excluding tert-OH is 1. The summed E-state index contributed by atoms with van der Waals surface area (Å²) >= 11 is 0. The van der Waals surface area contributed by atoms with Crippen LogP contribution in [0.3, 0.4) is 0 Å². The van der Waals surface area contributed by atoms with Gasteiger partial charge in [0.15, 0.2) is 29.1 Å². The van der Waals surface area contributed by atoms with Crippen LogP contribution in [0.15, 0.2) is 36.7 Å². The Labute approximate surface area is 511 Å². The van der Waals surface area contributed by atoms with E-state index in [1.54, 1.807) is 34.4 Å². The highest BCUT2D eigenvalue weighted by molar-refractivity contribution is 7.63. The van der Waals surface area contributed by atoms with Gasteiger partial charge in [-0.2, -0.15) is 0 Å². The summed E-state index contributed by atoms with van der Waals surface area (Å²) in [5.74, 6) is -1.85. The van der Waals surface area contributed by atoms with Gasteiger partial charge in [0, 0.05) is 54.7 Å². The third-order valence-electron chi connectivity index (χ3n) is 15.9. The molecule has 0 saturated carbocycles. The van der Waals surface area contributed by atoms with Gasteiger partial charge in [0.1, 0.15) is 69.2 Å². The maximum absolute atomic E-state index is 14.2. The molecule has 86 heavy (non-hydrogen) atoms. The normalized spacial score (nSPS) is 23.4. The molecular weight excluding hydrogens is 1210 g/mol.